The molecule has 0 bridgehead atoms. The molecule has 0 spiro atoms. The van der Waals surface area contributed by atoms with E-state index in [0.717, 1.165) is 31.3 Å². The Morgan fingerprint density at radius 3 is 2.68 bits per heavy atom. The van der Waals surface area contributed by atoms with Crippen LogP contribution in [-0.2, 0) is 6.18 Å². The topological polar surface area (TPSA) is 28.2 Å². The minimum absolute atomic E-state index is 0.251. The maximum Gasteiger partial charge on any atom is 0.433 e. The Balaban J connectivity index is 2.16. The van der Waals surface area contributed by atoms with Gasteiger partial charge in [-0.1, -0.05) is 6.92 Å². The van der Waals surface area contributed by atoms with Gasteiger partial charge >= 0.3 is 6.18 Å². The van der Waals surface area contributed by atoms with Gasteiger partial charge in [-0.3, -0.25) is 0 Å². The standard InChI is InChI=1S/C13H18F3N3/c1-3-10-8-19(9(2)6-17-10)11-4-5-12(18-7-11)13(14,15)16/h4-5,7,9-10,17H,3,6,8H2,1-2H3. The molecule has 3 nitrogen and oxygen atoms in total. The van der Waals surface area contributed by atoms with Crippen LogP contribution in [-0.4, -0.2) is 30.2 Å². The normalized spacial score (nSPS) is 24.6. The molecule has 1 saturated heterocycles. The number of pyridine rings is 1. The molecule has 2 atom stereocenters. The average molecular weight is 273 g/mol. The van der Waals surface area contributed by atoms with Gasteiger partial charge in [0.05, 0.1) is 11.9 Å². The van der Waals surface area contributed by atoms with Crippen molar-refractivity contribution in [3.05, 3.63) is 24.0 Å². The predicted octanol–water partition coefficient (Wildman–Crippen LogP) is 2.68. The van der Waals surface area contributed by atoms with Gasteiger partial charge in [-0.2, -0.15) is 13.2 Å². The van der Waals surface area contributed by atoms with Gasteiger partial charge in [0.15, 0.2) is 0 Å². The summed E-state index contributed by atoms with van der Waals surface area (Å²) in [5.74, 6) is 0. The minimum Gasteiger partial charge on any atom is -0.365 e. The second-order valence-electron chi connectivity index (χ2n) is 4.91. The first kappa shape index (κ1) is 14.1. The molecule has 0 aromatic carbocycles. The highest BCUT2D eigenvalue weighted by molar-refractivity contribution is 5.46. The molecule has 2 unspecified atom stereocenters. The number of aromatic nitrogens is 1. The lowest BCUT2D eigenvalue weighted by atomic mass is 10.1. The second kappa shape index (κ2) is 5.36. The van der Waals surface area contributed by atoms with Crippen LogP contribution in [0.25, 0.3) is 0 Å². The molecule has 2 rings (SSSR count). The smallest absolute Gasteiger partial charge is 0.365 e. The lowest BCUT2D eigenvalue weighted by Gasteiger charge is -2.40. The molecule has 19 heavy (non-hydrogen) atoms. The summed E-state index contributed by atoms with van der Waals surface area (Å²) >= 11 is 0. The molecule has 2 heterocycles. The van der Waals surface area contributed by atoms with Crippen LogP contribution >= 0.6 is 0 Å². The summed E-state index contributed by atoms with van der Waals surface area (Å²) < 4.78 is 37.4. The molecule has 1 aromatic rings. The first-order valence-electron chi connectivity index (χ1n) is 6.45. The summed E-state index contributed by atoms with van der Waals surface area (Å²) in [6.45, 7) is 5.78. The van der Waals surface area contributed by atoms with Crippen molar-refractivity contribution in [3.63, 3.8) is 0 Å². The van der Waals surface area contributed by atoms with Gasteiger partial charge in [0.25, 0.3) is 0 Å². The molecule has 0 saturated carbocycles. The molecule has 1 aliphatic heterocycles. The van der Waals surface area contributed by atoms with Crippen molar-refractivity contribution in [3.8, 4) is 0 Å². The van der Waals surface area contributed by atoms with Crippen LogP contribution < -0.4 is 10.2 Å². The monoisotopic (exact) mass is 273 g/mol. The van der Waals surface area contributed by atoms with Gasteiger partial charge in [0, 0.05) is 25.2 Å². The summed E-state index contributed by atoms with van der Waals surface area (Å²) in [4.78, 5) is 5.63. The molecular formula is C13H18F3N3. The van der Waals surface area contributed by atoms with Crippen molar-refractivity contribution in [2.45, 2.75) is 38.5 Å². The fourth-order valence-electron chi connectivity index (χ4n) is 2.29. The van der Waals surface area contributed by atoms with Crippen molar-refractivity contribution < 1.29 is 13.2 Å². The van der Waals surface area contributed by atoms with Crippen molar-refractivity contribution in [2.75, 3.05) is 18.0 Å². The van der Waals surface area contributed by atoms with E-state index in [1.807, 2.05) is 0 Å². The van der Waals surface area contributed by atoms with Gasteiger partial charge in [0.1, 0.15) is 5.69 Å². The Kier molecular flexibility index (Phi) is 3.99. The number of hydrogen-bond acceptors (Lipinski definition) is 3. The molecule has 1 aliphatic rings. The van der Waals surface area contributed by atoms with Crippen LogP contribution in [0.5, 0.6) is 0 Å². The predicted molar refractivity (Wildman–Crippen MR) is 68.1 cm³/mol. The maximum atomic E-state index is 12.5. The van der Waals surface area contributed by atoms with Crippen LogP contribution in [0, 0.1) is 0 Å². The van der Waals surface area contributed by atoms with Crippen LogP contribution in [0.2, 0.25) is 0 Å². The number of piperazine rings is 1. The van der Waals surface area contributed by atoms with E-state index in [9.17, 15) is 13.2 Å². The van der Waals surface area contributed by atoms with Crippen LogP contribution in [0.15, 0.2) is 18.3 Å². The van der Waals surface area contributed by atoms with Crippen molar-refractivity contribution in [2.24, 2.45) is 0 Å². The lowest BCUT2D eigenvalue weighted by Crippen LogP contribution is -2.55. The highest BCUT2D eigenvalue weighted by atomic mass is 19.4. The number of halogens is 3. The zero-order valence-electron chi connectivity index (χ0n) is 11.0. The summed E-state index contributed by atoms with van der Waals surface area (Å²) in [7, 11) is 0. The summed E-state index contributed by atoms with van der Waals surface area (Å²) in [6, 6.07) is 3.18. The quantitative estimate of drug-likeness (QED) is 0.898. The Bertz CT molecular complexity index is 416. The molecule has 1 fully saturated rings. The molecule has 1 N–H and O–H groups in total. The van der Waals surface area contributed by atoms with Gasteiger partial charge in [-0.05, 0) is 25.5 Å². The number of alkyl halides is 3. The molecule has 0 radical (unpaired) electrons. The van der Waals surface area contributed by atoms with Crippen LogP contribution in [0.4, 0.5) is 18.9 Å². The third-order valence-electron chi connectivity index (χ3n) is 3.51. The molecular weight excluding hydrogens is 255 g/mol. The van der Waals surface area contributed by atoms with E-state index in [4.69, 9.17) is 0 Å². The minimum atomic E-state index is -4.38. The Morgan fingerprint density at radius 1 is 1.42 bits per heavy atom. The van der Waals surface area contributed by atoms with E-state index in [-0.39, 0.29) is 6.04 Å². The van der Waals surface area contributed by atoms with Gasteiger partial charge < -0.3 is 10.2 Å². The molecule has 0 aliphatic carbocycles. The van der Waals surface area contributed by atoms with Crippen molar-refractivity contribution in [1.29, 1.82) is 0 Å². The van der Waals surface area contributed by atoms with Gasteiger partial charge in [0.2, 0.25) is 0 Å². The van der Waals surface area contributed by atoms with E-state index >= 15 is 0 Å². The first-order chi connectivity index (χ1) is 8.91. The van der Waals surface area contributed by atoms with Crippen molar-refractivity contribution >= 4 is 5.69 Å². The Hall–Kier alpha value is -1.30. The number of hydrogen-bond donors (Lipinski definition) is 1. The fraction of sp³-hybridized carbons (Fsp3) is 0.615. The molecule has 0 amide bonds. The zero-order chi connectivity index (χ0) is 14.0. The highest BCUT2D eigenvalue weighted by Gasteiger charge is 2.32. The fourth-order valence-corrected chi connectivity index (χ4v) is 2.29. The third kappa shape index (κ3) is 3.18. The number of rotatable bonds is 2. The van der Waals surface area contributed by atoms with Crippen molar-refractivity contribution in [1.82, 2.24) is 10.3 Å². The first-order valence-corrected chi connectivity index (χ1v) is 6.45. The van der Waals surface area contributed by atoms with Gasteiger partial charge in [-0.25, -0.2) is 4.98 Å². The zero-order valence-corrected chi connectivity index (χ0v) is 11.0. The largest absolute Gasteiger partial charge is 0.433 e. The summed E-state index contributed by atoms with van der Waals surface area (Å²) in [5, 5.41) is 3.41. The molecule has 6 heteroatoms. The Morgan fingerprint density at radius 2 is 2.16 bits per heavy atom. The van der Waals surface area contributed by atoms with Crippen LogP contribution in [0.3, 0.4) is 0 Å². The Labute approximate surface area is 110 Å². The third-order valence-corrected chi connectivity index (χ3v) is 3.51. The van der Waals surface area contributed by atoms with E-state index < -0.39 is 11.9 Å². The van der Waals surface area contributed by atoms with E-state index in [2.05, 4.69) is 29.0 Å². The average Bonchev–Trinajstić information content (AvgIpc) is 2.38. The van der Waals surface area contributed by atoms with E-state index in [1.165, 1.54) is 12.3 Å². The SMILES string of the molecule is CCC1CN(c2ccc(C(F)(F)F)nc2)C(C)CN1. The maximum absolute atomic E-state index is 12.5. The van der Waals surface area contributed by atoms with E-state index in [0.29, 0.717) is 6.04 Å². The molecule has 1 aromatic heterocycles. The summed E-state index contributed by atoms with van der Waals surface area (Å²) in [6.07, 6.45) is -2.06. The molecule has 106 valence electrons. The number of nitrogens with zero attached hydrogens (tertiary/aromatic N) is 2. The highest BCUT2D eigenvalue weighted by Crippen LogP contribution is 2.29. The lowest BCUT2D eigenvalue weighted by molar-refractivity contribution is -0.141. The number of nitrogens with one attached hydrogen (secondary N) is 1. The van der Waals surface area contributed by atoms with Gasteiger partial charge in [-0.15, -0.1) is 0 Å². The van der Waals surface area contributed by atoms with E-state index in [1.54, 1.807) is 0 Å². The summed E-state index contributed by atoms with van der Waals surface area (Å²) in [5.41, 5.74) is -0.0912. The number of anilines is 1. The van der Waals surface area contributed by atoms with Crippen LogP contribution in [0.1, 0.15) is 26.0 Å². The second-order valence-corrected chi connectivity index (χ2v) is 4.91.